The second kappa shape index (κ2) is 5.54. The maximum absolute atomic E-state index is 5.37. The molecule has 0 aliphatic carbocycles. The van der Waals surface area contributed by atoms with Crippen LogP contribution in [0.25, 0.3) is 0 Å². The Hall–Kier alpha value is -0.160. The summed E-state index contributed by atoms with van der Waals surface area (Å²) in [5, 5.41) is 0. The fourth-order valence-corrected chi connectivity index (χ4v) is 0.830. The SMILES string of the molecule is COC(OC)C(C)NOC(C)(C)C. The van der Waals surface area contributed by atoms with Crippen molar-refractivity contribution >= 4 is 0 Å². The van der Waals surface area contributed by atoms with Crippen LogP contribution in [0, 0.1) is 0 Å². The molecule has 0 saturated heterocycles. The van der Waals surface area contributed by atoms with Crippen LogP contribution < -0.4 is 5.48 Å². The summed E-state index contributed by atoms with van der Waals surface area (Å²) in [5.74, 6) is 0. The van der Waals surface area contributed by atoms with Gasteiger partial charge in [0.1, 0.15) is 0 Å². The van der Waals surface area contributed by atoms with E-state index in [4.69, 9.17) is 14.3 Å². The van der Waals surface area contributed by atoms with Gasteiger partial charge in [0.25, 0.3) is 0 Å². The minimum atomic E-state index is -0.289. The molecule has 1 N–H and O–H groups in total. The Balaban J connectivity index is 3.78. The molecule has 0 aliphatic heterocycles. The van der Waals surface area contributed by atoms with E-state index in [2.05, 4.69) is 5.48 Å². The number of methoxy groups -OCH3 is 2. The maximum Gasteiger partial charge on any atom is 0.173 e. The van der Waals surface area contributed by atoms with E-state index in [0.717, 1.165) is 0 Å². The van der Waals surface area contributed by atoms with E-state index in [9.17, 15) is 0 Å². The summed E-state index contributed by atoms with van der Waals surface area (Å²) >= 11 is 0. The van der Waals surface area contributed by atoms with Crippen molar-refractivity contribution in [2.24, 2.45) is 0 Å². The lowest BCUT2D eigenvalue weighted by Crippen LogP contribution is -2.43. The van der Waals surface area contributed by atoms with Crippen molar-refractivity contribution in [1.82, 2.24) is 5.48 Å². The van der Waals surface area contributed by atoms with Crippen LogP contribution in [0.3, 0.4) is 0 Å². The molecule has 0 amide bonds. The van der Waals surface area contributed by atoms with Gasteiger partial charge in [0.15, 0.2) is 6.29 Å². The van der Waals surface area contributed by atoms with Crippen LogP contribution >= 0.6 is 0 Å². The fraction of sp³-hybridized carbons (Fsp3) is 1.00. The Morgan fingerprint density at radius 2 is 1.54 bits per heavy atom. The summed E-state index contributed by atoms with van der Waals surface area (Å²) in [7, 11) is 3.20. The molecule has 0 radical (unpaired) electrons. The molecular weight excluding hydrogens is 170 g/mol. The van der Waals surface area contributed by atoms with E-state index >= 15 is 0 Å². The Labute approximate surface area is 80.5 Å². The summed E-state index contributed by atoms with van der Waals surface area (Å²) in [4.78, 5) is 5.37. The topological polar surface area (TPSA) is 39.7 Å². The van der Waals surface area contributed by atoms with Gasteiger partial charge in [0.05, 0.1) is 11.6 Å². The van der Waals surface area contributed by atoms with Gasteiger partial charge in [-0.2, -0.15) is 5.48 Å². The predicted octanol–water partition coefficient (Wildman–Crippen LogP) is 1.31. The molecule has 0 aliphatic rings. The van der Waals surface area contributed by atoms with Crippen LogP contribution in [0.1, 0.15) is 27.7 Å². The normalized spacial score (nSPS) is 15.0. The predicted molar refractivity (Wildman–Crippen MR) is 51.2 cm³/mol. The minimum Gasteiger partial charge on any atom is -0.354 e. The van der Waals surface area contributed by atoms with Crippen LogP contribution in [0.2, 0.25) is 0 Å². The number of rotatable bonds is 5. The minimum absolute atomic E-state index is 0.00535. The molecule has 0 aromatic carbocycles. The molecular formula is C9H21NO3. The average molecular weight is 191 g/mol. The van der Waals surface area contributed by atoms with Crippen LogP contribution in [-0.4, -0.2) is 32.2 Å². The van der Waals surface area contributed by atoms with E-state index in [1.165, 1.54) is 0 Å². The van der Waals surface area contributed by atoms with Gasteiger partial charge in [-0.25, -0.2) is 0 Å². The summed E-state index contributed by atoms with van der Waals surface area (Å²) < 4.78 is 10.1. The smallest absolute Gasteiger partial charge is 0.173 e. The first-order valence-corrected chi connectivity index (χ1v) is 4.40. The Kier molecular flexibility index (Phi) is 5.48. The zero-order chi connectivity index (χ0) is 10.5. The van der Waals surface area contributed by atoms with Gasteiger partial charge in [-0.05, 0) is 27.7 Å². The number of hydroxylamine groups is 1. The second-order valence-electron chi connectivity index (χ2n) is 3.96. The highest BCUT2D eigenvalue weighted by molar-refractivity contribution is 4.62. The van der Waals surface area contributed by atoms with Crippen molar-refractivity contribution in [2.45, 2.75) is 45.6 Å². The van der Waals surface area contributed by atoms with Gasteiger partial charge < -0.3 is 9.47 Å². The molecule has 0 aromatic heterocycles. The van der Waals surface area contributed by atoms with Crippen molar-refractivity contribution in [3.63, 3.8) is 0 Å². The highest BCUT2D eigenvalue weighted by Gasteiger charge is 2.18. The summed E-state index contributed by atoms with van der Waals surface area (Å²) in [6.45, 7) is 7.85. The second-order valence-corrected chi connectivity index (χ2v) is 3.96. The van der Waals surface area contributed by atoms with Crippen LogP contribution in [-0.2, 0) is 14.3 Å². The standard InChI is InChI=1S/C9H21NO3/c1-7(8(11-5)12-6)10-13-9(2,3)4/h7-8,10H,1-6H3. The van der Waals surface area contributed by atoms with Crippen molar-refractivity contribution in [3.05, 3.63) is 0 Å². The lowest BCUT2D eigenvalue weighted by atomic mass is 10.2. The summed E-state index contributed by atoms with van der Waals surface area (Å²) in [6.07, 6.45) is -0.289. The van der Waals surface area contributed by atoms with Gasteiger partial charge in [-0.15, -0.1) is 0 Å². The molecule has 0 fully saturated rings. The maximum atomic E-state index is 5.37. The van der Waals surface area contributed by atoms with Crippen LogP contribution in [0.15, 0.2) is 0 Å². The zero-order valence-corrected chi connectivity index (χ0v) is 9.38. The number of hydrogen-bond donors (Lipinski definition) is 1. The number of nitrogens with one attached hydrogen (secondary N) is 1. The third kappa shape index (κ3) is 5.99. The van der Waals surface area contributed by atoms with Gasteiger partial charge in [-0.1, -0.05) is 0 Å². The monoisotopic (exact) mass is 191 g/mol. The largest absolute Gasteiger partial charge is 0.354 e. The first-order chi connectivity index (χ1) is 5.90. The third-order valence-electron chi connectivity index (χ3n) is 1.42. The first kappa shape index (κ1) is 12.8. The summed E-state index contributed by atoms with van der Waals surface area (Å²) in [5.41, 5.74) is 2.67. The van der Waals surface area contributed by atoms with E-state index < -0.39 is 0 Å². The molecule has 4 nitrogen and oxygen atoms in total. The average Bonchev–Trinajstić information content (AvgIpc) is 2.02. The quantitative estimate of drug-likeness (QED) is 0.525. The number of ether oxygens (including phenoxy) is 2. The van der Waals surface area contributed by atoms with Crippen molar-refractivity contribution < 1.29 is 14.3 Å². The molecule has 0 heterocycles. The molecule has 0 aromatic rings. The first-order valence-electron chi connectivity index (χ1n) is 4.40. The van der Waals surface area contributed by atoms with Gasteiger partial charge in [0.2, 0.25) is 0 Å². The van der Waals surface area contributed by atoms with E-state index in [-0.39, 0.29) is 17.9 Å². The molecule has 4 heteroatoms. The Bertz CT molecular complexity index is 129. The van der Waals surface area contributed by atoms with Crippen molar-refractivity contribution in [2.75, 3.05) is 14.2 Å². The van der Waals surface area contributed by atoms with Crippen molar-refractivity contribution in [3.8, 4) is 0 Å². The van der Waals surface area contributed by atoms with E-state index in [0.29, 0.717) is 0 Å². The van der Waals surface area contributed by atoms with Gasteiger partial charge >= 0.3 is 0 Å². The molecule has 0 bridgehead atoms. The molecule has 1 atom stereocenters. The number of hydrogen-bond acceptors (Lipinski definition) is 4. The molecule has 13 heavy (non-hydrogen) atoms. The summed E-state index contributed by atoms with van der Waals surface area (Å²) in [6, 6.07) is -0.00535. The Morgan fingerprint density at radius 3 is 1.85 bits per heavy atom. The van der Waals surface area contributed by atoms with Gasteiger partial charge in [-0.3, -0.25) is 4.84 Å². The fourth-order valence-electron chi connectivity index (χ4n) is 0.830. The molecule has 0 spiro atoms. The van der Waals surface area contributed by atoms with E-state index in [1.807, 2.05) is 27.7 Å². The lowest BCUT2D eigenvalue weighted by Gasteiger charge is -2.26. The molecule has 1 unspecified atom stereocenters. The molecule has 80 valence electrons. The highest BCUT2D eigenvalue weighted by Crippen LogP contribution is 2.06. The highest BCUT2D eigenvalue weighted by atomic mass is 16.7. The van der Waals surface area contributed by atoms with Gasteiger partial charge in [0, 0.05) is 14.2 Å². The van der Waals surface area contributed by atoms with Crippen LogP contribution in [0.4, 0.5) is 0 Å². The van der Waals surface area contributed by atoms with E-state index in [1.54, 1.807) is 14.2 Å². The van der Waals surface area contributed by atoms with Crippen LogP contribution in [0.5, 0.6) is 0 Å². The lowest BCUT2D eigenvalue weighted by molar-refractivity contribution is -0.168. The zero-order valence-electron chi connectivity index (χ0n) is 9.38. The Morgan fingerprint density at radius 1 is 1.08 bits per heavy atom. The third-order valence-corrected chi connectivity index (χ3v) is 1.42. The van der Waals surface area contributed by atoms with Crippen molar-refractivity contribution in [1.29, 1.82) is 0 Å². The molecule has 0 saturated carbocycles. The molecule has 0 rings (SSSR count).